The molecule has 0 fully saturated rings. The fraction of sp³-hybridized carbons (Fsp3) is 0.583. The molecule has 0 aliphatic heterocycles. The molecule has 0 saturated heterocycles. The Balaban J connectivity index is 2.50. The van der Waals surface area contributed by atoms with E-state index in [-0.39, 0.29) is 11.9 Å². The van der Waals surface area contributed by atoms with Gasteiger partial charge in [0.05, 0.1) is 24.5 Å². The van der Waals surface area contributed by atoms with E-state index in [9.17, 15) is 4.39 Å². The zero-order chi connectivity index (χ0) is 12.0. The lowest BCUT2D eigenvalue weighted by Crippen LogP contribution is -2.24. The molecule has 0 aromatic carbocycles. The number of rotatable bonds is 6. The van der Waals surface area contributed by atoms with Crippen molar-refractivity contribution in [2.75, 3.05) is 6.61 Å². The van der Waals surface area contributed by atoms with Gasteiger partial charge in [0.25, 0.3) is 0 Å². The first kappa shape index (κ1) is 13.1. The monoisotopic (exact) mass is 226 g/mol. The highest BCUT2D eigenvalue weighted by Gasteiger charge is 2.10. The molecule has 1 aromatic rings. The zero-order valence-corrected chi connectivity index (χ0v) is 10.0. The normalized spacial score (nSPS) is 13.1. The van der Waals surface area contributed by atoms with E-state index in [1.807, 2.05) is 6.92 Å². The van der Waals surface area contributed by atoms with Gasteiger partial charge in [0.2, 0.25) is 0 Å². The van der Waals surface area contributed by atoms with Gasteiger partial charge in [-0.15, -0.1) is 0 Å². The first-order valence-electron chi connectivity index (χ1n) is 5.62. The van der Waals surface area contributed by atoms with Gasteiger partial charge in [-0.25, -0.2) is 4.39 Å². The Morgan fingerprint density at radius 3 is 2.69 bits per heavy atom. The molecule has 1 atom stereocenters. The fourth-order valence-corrected chi connectivity index (χ4v) is 1.26. The molecule has 0 spiro atoms. The van der Waals surface area contributed by atoms with E-state index >= 15 is 0 Å². The Bertz CT molecular complexity index is 300. The van der Waals surface area contributed by atoms with Crippen molar-refractivity contribution >= 4 is 0 Å². The number of nitrogens with zero attached hydrogens (tertiary/aromatic N) is 1. The molecule has 0 radical (unpaired) electrons. The van der Waals surface area contributed by atoms with Crippen molar-refractivity contribution in [3.8, 4) is 0 Å². The molecule has 0 aliphatic carbocycles. The summed E-state index contributed by atoms with van der Waals surface area (Å²) in [5.41, 5.74) is 3.75. The van der Waals surface area contributed by atoms with Crippen LogP contribution in [0.3, 0.4) is 0 Å². The number of aromatic nitrogens is 1. The van der Waals surface area contributed by atoms with E-state index in [0.29, 0.717) is 12.5 Å². The second kappa shape index (κ2) is 6.55. The van der Waals surface area contributed by atoms with Crippen LogP contribution in [0.1, 0.15) is 38.9 Å². The van der Waals surface area contributed by atoms with Crippen LogP contribution >= 0.6 is 0 Å². The van der Waals surface area contributed by atoms with Crippen LogP contribution in [0, 0.1) is 11.7 Å². The maximum atomic E-state index is 12.7. The highest BCUT2D eigenvalue weighted by Crippen LogP contribution is 2.14. The average Bonchev–Trinajstić information content (AvgIpc) is 2.26. The summed E-state index contributed by atoms with van der Waals surface area (Å²) in [5.74, 6) is 0.160. The Morgan fingerprint density at radius 1 is 1.44 bits per heavy atom. The van der Waals surface area contributed by atoms with Crippen molar-refractivity contribution in [1.82, 2.24) is 10.5 Å². The third kappa shape index (κ3) is 4.24. The van der Waals surface area contributed by atoms with Crippen molar-refractivity contribution in [2.45, 2.75) is 33.2 Å². The molecule has 0 bridgehead atoms. The second-order valence-corrected chi connectivity index (χ2v) is 4.18. The molecule has 90 valence electrons. The van der Waals surface area contributed by atoms with Gasteiger partial charge in [-0.3, -0.25) is 4.98 Å². The Morgan fingerprint density at radius 2 is 2.19 bits per heavy atom. The van der Waals surface area contributed by atoms with E-state index in [1.165, 1.54) is 12.3 Å². The van der Waals surface area contributed by atoms with Crippen molar-refractivity contribution in [3.63, 3.8) is 0 Å². The summed E-state index contributed by atoms with van der Waals surface area (Å²) in [7, 11) is 0. The number of nitrogens with one attached hydrogen (secondary N) is 1. The molecule has 1 heterocycles. The summed E-state index contributed by atoms with van der Waals surface area (Å²) in [6.07, 6.45) is 2.07. The van der Waals surface area contributed by atoms with Gasteiger partial charge in [0.1, 0.15) is 5.82 Å². The minimum Gasteiger partial charge on any atom is -0.301 e. The number of hydrogen-bond acceptors (Lipinski definition) is 3. The first-order valence-corrected chi connectivity index (χ1v) is 5.62. The summed E-state index contributed by atoms with van der Waals surface area (Å²) in [6, 6.07) is 3.10. The van der Waals surface area contributed by atoms with Gasteiger partial charge in [-0.1, -0.05) is 20.8 Å². The van der Waals surface area contributed by atoms with Crippen LogP contribution in [-0.4, -0.2) is 11.6 Å². The quantitative estimate of drug-likeness (QED) is 0.757. The minimum atomic E-state index is -0.318. The van der Waals surface area contributed by atoms with Crippen LogP contribution in [0.4, 0.5) is 4.39 Å². The van der Waals surface area contributed by atoms with Gasteiger partial charge < -0.3 is 4.84 Å². The standard InChI is InChI=1S/C12H19FN2O/c1-4-11(15-16-8-9(2)3)12-6-5-10(13)7-14-12/h5-7,9,11,15H,4,8H2,1-3H3. The van der Waals surface area contributed by atoms with Crippen LogP contribution in [-0.2, 0) is 4.84 Å². The smallest absolute Gasteiger partial charge is 0.141 e. The van der Waals surface area contributed by atoms with E-state index in [1.54, 1.807) is 6.07 Å². The van der Waals surface area contributed by atoms with Crippen molar-refractivity contribution in [1.29, 1.82) is 0 Å². The molecule has 1 N–H and O–H groups in total. The molecule has 3 nitrogen and oxygen atoms in total. The van der Waals surface area contributed by atoms with E-state index < -0.39 is 0 Å². The van der Waals surface area contributed by atoms with Crippen LogP contribution in [0.15, 0.2) is 18.3 Å². The van der Waals surface area contributed by atoms with E-state index in [2.05, 4.69) is 24.3 Å². The van der Waals surface area contributed by atoms with Gasteiger partial charge in [0, 0.05) is 0 Å². The molecule has 1 aromatic heterocycles. The lowest BCUT2D eigenvalue weighted by molar-refractivity contribution is -0.00147. The number of hydrogen-bond donors (Lipinski definition) is 1. The highest BCUT2D eigenvalue weighted by atomic mass is 19.1. The SMILES string of the molecule is CCC(NOCC(C)C)c1ccc(F)cn1. The number of halogens is 1. The van der Waals surface area contributed by atoms with Gasteiger partial charge in [-0.05, 0) is 24.5 Å². The maximum absolute atomic E-state index is 12.7. The summed E-state index contributed by atoms with van der Waals surface area (Å²) in [5, 5.41) is 0. The second-order valence-electron chi connectivity index (χ2n) is 4.18. The molecular weight excluding hydrogens is 207 g/mol. The summed E-state index contributed by atoms with van der Waals surface area (Å²) in [6.45, 7) is 6.84. The molecule has 0 aliphatic rings. The maximum Gasteiger partial charge on any atom is 0.141 e. The average molecular weight is 226 g/mol. The Labute approximate surface area is 96.0 Å². The molecule has 1 rings (SSSR count). The molecular formula is C12H19FN2O. The van der Waals surface area contributed by atoms with E-state index in [4.69, 9.17) is 4.84 Å². The molecule has 16 heavy (non-hydrogen) atoms. The van der Waals surface area contributed by atoms with E-state index in [0.717, 1.165) is 12.1 Å². The van der Waals surface area contributed by atoms with Crippen LogP contribution in [0.5, 0.6) is 0 Å². The largest absolute Gasteiger partial charge is 0.301 e. The van der Waals surface area contributed by atoms with Crippen LogP contribution < -0.4 is 5.48 Å². The van der Waals surface area contributed by atoms with Gasteiger partial charge >= 0.3 is 0 Å². The Kier molecular flexibility index (Phi) is 5.35. The van der Waals surface area contributed by atoms with Crippen LogP contribution in [0.25, 0.3) is 0 Å². The molecule has 4 heteroatoms. The molecule has 1 unspecified atom stereocenters. The number of pyridine rings is 1. The third-order valence-corrected chi connectivity index (χ3v) is 2.16. The zero-order valence-electron chi connectivity index (χ0n) is 10.0. The molecule has 0 saturated carbocycles. The lowest BCUT2D eigenvalue weighted by Gasteiger charge is -2.17. The third-order valence-electron chi connectivity index (χ3n) is 2.16. The predicted molar refractivity (Wildman–Crippen MR) is 61.2 cm³/mol. The van der Waals surface area contributed by atoms with Gasteiger partial charge in [-0.2, -0.15) is 5.48 Å². The topological polar surface area (TPSA) is 34.1 Å². The van der Waals surface area contributed by atoms with Crippen molar-refractivity contribution in [3.05, 3.63) is 29.8 Å². The van der Waals surface area contributed by atoms with Gasteiger partial charge in [0.15, 0.2) is 0 Å². The number of hydroxylamine groups is 1. The highest BCUT2D eigenvalue weighted by molar-refractivity contribution is 5.09. The Hall–Kier alpha value is -1.00. The minimum absolute atomic E-state index is 0.0133. The fourth-order valence-electron chi connectivity index (χ4n) is 1.26. The van der Waals surface area contributed by atoms with Crippen molar-refractivity contribution in [2.24, 2.45) is 5.92 Å². The summed E-state index contributed by atoms with van der Waals surface area (Å²) in [4.78, 5) is 9.38. The lowest BCUT2D eigenvalue weighted by atomic mass is 10.1. The summed E-state index contributed by atoms with van der Waals surface area (Å²) >= 11 is 0. The molecule has 0 amide bonds. The summed E-state index contributed by atoms with van der Waals surface area (Å²) < 4.78 is 12.7. The van der Waals surface area contributed by atoms with Crippen LogP contribution in [0.2, 0.25) is 0 Å². The van der Waals surface area contributed by atoms with Crippen molar-refractivity contribution < 1.29 is 9.23 Å². The first-order chi connectivity index (χ1) is 7.63. The predicted octanol–water partition coefficient (Wildman–Crippen LogP) is 2.85.